The minimum Gasteiger partial charge on any atom is -0.470 e. The zero-order valence-electron chi connectivity index (χ0n) is 24.9. The van der Waals surface area contributed by atoms with Crippen molar-refractivity contribution in [2.75, 3.05) is 20.1 Å². The molecule has 0 amide bonds. The molecule has 1 fully saturated rings. The number of imidazole rings is 1. The molecular formula is C33H42FN3O4. The van der Waals surface area contributed by atoms with E-state index in [2.05, 4.69) is 61.9 Å². The van der Waals surface area contributed by atoms with Gasteiger partial charge in [-0.3, -0.25) is 4.90 Å². The van der Waals surface area contributed by atoms with Crippen LogP contribution in [0.3, 0.4) is 0 Å². The average Bonchev–Trinajstić information content (AvgIpc) is 3.71. The minimum atomic E-state index is -0.235. The number of hydrogen-bond donors (Lipinski definition) is 0. The summed E-state index contributed by atoms with van der Waals surface area (Å²) in [7, 11) is 0. The number of aromatic nitrogens is 2. The van der Waals surface area contributed by atoms with Crippen molar-refractivity contribution in [1.29, 1.82) is 0 Å². The zero-order chi connectivity index (χ0) is 29.4. The molecule has 2 unspecified atom stereocenters. The molecule has 0 saturated carbocycles. The Labute approximate surface area is 243 Å². The highest BCUT2D eigenvalue weighted by Crippen LogP contribution is 2.34. The van der Waals surface area contributed by atoms with Crippen LogP contribution in [0.25, 0.3) is 11.4 Å². The Kier molecular flexibility index (Phi) is 10.6. The summed E-state index contributed by atoms with van der Waals surface area (Å²) in [4.78, 5) is 7.25. The van der Waals surface area contributed by atoms with Crippen molar-refractivity contribution in [3.8, 4) is 22.9 Å². The van der Waals surface area contributed by atoms with Crippen LogP contribution in [0, 0.1) is 5.82 Å². The summed E-state index contributed by atoms with van der Waals surface area (Å²) in [5.74, 6) is 3.00. The summed E-state index contributed by atoms with van der Waals surface area (Å²) >= 11 is 0. The van der Waals surface area contributed by atoms with Crippen molar-refractivity contribution in [2.45, 2.75) is 72.7 Å². The van der Waals surface area contributed by atoms with E-state index in [1.165, 1.54) is 23.3 Å². The first-order chi connectivity index (χ1) is 19.8. The molecule has 41 heavy (non-hydrogen) atoms. The van der Waals surface area contributed by atoms with Crippen LogP contribution in [-0.4, -0.2) is 40.7 Å². The van der Waals surface area contributed by atoms with E-state index in [-0.39, 0.29) is 24.8 Å². The molecule has 1 aromatic heterocycles. The number of halogens is 1. The van der Waals surface area contributed by atoms with Crippen LogP contribution in [0.15, 0.2) is 72.6 Å². The highest BCUT2D eigenvalue weighted by atomic mass is 19.1. The van der Waals surface area contributed by atoms with Gasteiger partial charge in [-0.2, -0.15) is 0 Å². The minimum absolute atomic E-state index is 0.0972. The normalized spacial score (nSPS) is 16.9. The molecule has 7 nitrogen and oxygen atoms in total. The molecular weight excluding hydrogens is 521 g/mol. The molecule has 2 aromatic carbocycles. The number of nitrogens with zero attached hydrogens (tertiary/aromatic N) is 3. The van der Waals surface area contributed by atoms with Crippen molar-refractivity contribution in [3.63, 3.8) is 0 Å². The fourth-order valence-electron chi connectivity index (χ4n) is 4.73. The average molecular weight is 564 g/mol. The number of benzene rings is 2. The van der Waals surface area contributed by atoms with E-state index in [1.807, 2.05) is 31.3 Å². The fourth-order valence-corrected chi connectivity index (χ4v) is 4.73. The number of fused-ring (bicyclic) bond motifs is 1. The lowest BCUT2D eigenvalue weighted by atomic mass is 10.1. The van der Waals surface area contributed by atoms with Gasteiger partial charge in [-0.15, -0.1) is 0 Å². The molecule has 0 N–H and O–H groups in total. The predicted molar refractivity (Wildman–Crippen MR) is 159 cm³/mol. The maximum absolute atomic E-state index is 13.5. The third-order valence-corrected chi connectivity index (χ3v) is 7.48. The quantitative estimate of drug-likeness (QED) is 0.236. The number of hydrogen-bond acceptors (Lipinski definition) is 6. The second kappa shape index (κ2) is 14.3. The molecule has 0 aliphatic carbocycles. The first-order valence-electron chi connectivity index (χ1n) is 14.3. The molecule has 3 aromatic rings. The Bertz CT molecular complexity index is 1330. The van der Waals surface area contributed by atoms with Crippen molar-refractivity contribution in [3.05, 3.63) is 89.7 Å². The van der Waals surface area contributed by atoms with E-state index in [0.29, 0.717) is 6.79 Å². The highest BCUT2D eigenvalue weighted by Gasteiger charge is 2.24. The molecule has 2 aliphatic rings. The molecule has 220 valence electrons. The van der Waals surface area contributed by atoms with Crippen molar-refractivity contribution in [2.24, 2.45) is 0 Å². The van der Waals surface area contributed by atoms with Gasteiger partial charge in [0.05, 0.1) is 11.9 Å². The standard InChI is InChI=1S/C28H34FN3O2.C5H8O2/c1-5-7-14-32-25(16-30-28(32)23-9-11-24(29)12-10-23)21(4)31(17-20(3)6-2)18-22-8-13-26-27(15-22)34-19-33-26;1-4-5(2)7-3-6-4/h6,8-13,15-16,21H,5,7,14,17-19H2,1-4H3;5H,1,3H2,2H3/b20-6+;. The highest BCUT2D eigenvalue weighted by molar-refractivity contribution is 5.56. The van der Waals surface area contributed by atoms with Gasteiger partial charge in [0.2, 0.25) is 6.79 Å². The summed E-state index contributed by atoms with van der Waals surface area (Å²) in [5, 5.41) is 0. The number of ether oxygens (including phenoxy) is 4. The largest absolute Gasteiger partial charge is 0.470 e. The predicted octanol–water partition coefficient (Wildman–Crippen LogP) is 7.64. The maximum atomic E-state index is 13.5. The van der Waals surface area contributed by atoms with Crippen LogP contribution >= 0.6 is 0 Å². The van der Waals surface area contributed by atoms with Crippen LogP contribution in [0.5, 0.6) is 11.5 Å². The Morgan fingerprint density at radius 1 is 1.15 bits per heavy atom. The fraction of sp³-hybridized carbons (Fsp3) is 0.424. The maximum Gasteiger partial charge on any atom is 0.231 e. The summed E-state index contributed by atoms with van der Waals surface area (Å²) < 4.78 is 36.7. The SMILES string of the molecule is C/C=C(\C)CN(Cc1ccc2c(c1)OCO2)C(C)c1cnc(-c2ccc(F)cc2)n1CCCC.C=C1OCOC1C. The Morgan fingerprint density at radius 2 is 1.90 bits per heavy atom. The van der Waals surface area contributed by atoms with Gasteiger partial charge < -0.3 is 23.5 Å². The lowest BCUT2D eigenvalue weighted by molar-refractivity contribution is 0.0554. The summed E-state index contributed by atoms with van der Waals surface area (Å²) in [6, 6.07) is 12.9. The van der Waals surface area contributed by atoms with Crippen molar-refractivity contribution < 1.29 is 23.3 Å². The molecule has 0 radical (unpaired) electrons. The lowest BCUT2D eigenvalue weighted by Crippen LogP contribution is -2.30. The smallest absolute Gasteiger partial charge is 0.231 e. The third kappa shape index (κ3) is 7.77. The molecule has 5 rings (SSSR count). The molecule has 2 aliphatic heterocycles. The molecule has 3 heterocycles. The van der Waals surface area contributed by atoms with E-state index in [0.717, 1.165) is 66.8 Å². The van der Waals surface area contributed by atoms with E-state index < -0.39 is 0 Å². The van der Waals surface area contributed by atoms with Gasteiger partial charge in [0.1, 0.15) is 23.5 Å². The molecule has 2 atom stereocenters. The zero-order valence-corrected chi connectivity index (χ0v) is 24.9. The van der Waals surface area contributed by atoms with Crippen LogP contribution < -0.4 is 9.47 Å². The van der Waals surface area contributed by atoms with E-state index in [4.69, 9.17) is 23.9 Å². The van der Waals surface area contributed by atoms with E-state index in [1.54, 1.807) is 0 Å². The van der Waals surface area contributed by atoms with E-state index >= 15 is 0 Å². The van der Waals surface area contributed by atoms with Gasteiger partial charge in [-0.05, 0) is 76.1 Å². The summed E-state index contributed by atoms with van der Waals surface area (Å²) in [6.45, 7) is 17.3. The second-order valence-corrected chi connectivity index (χ2v) is 10.5. The van der Waals surface area contributed by atoms with Crippen LogP contribution in [0.1, 0.15) is 64.8 Å². The lowest BCUT2D eigenvalue weighted by Gasteiger charge is -2.30. The first kappa shape index (κ1) is 30.3. The summed E-state index contributed by atoms with van der Waals surface area (Å²) in [5.41, 5.74) is 4.59. The van der Waals surface area contributed by atoms with Gasteiger partial charge in [0.25, 0.3) is 0 Å². The molecule has 8 heteroatoms. The number of rotatable bonds is 10. The Balaban J connectivity index is 0.000000483. The second-order valence-electron chi connectivity index (χ2n) is 10.5. The van der Waals surface area contributed by atoms with E-state index in [9.17, 15) is 4.39 Å². The van der Waals surface area contributed by atoms with Gasteiger partial charge in [0, 0.05) is 31.2 Å². The van der Waals surface area contributed by atoms with Crippen LogP contribution in [0.4, 0.5) is 4.39 Å². The Hall–Kier alpha value is -3.62. The van der Waals surface area contributed by atoms with Gasteiger partial charge in [0.15, 0.2) is 18.3 Å². The monoisotopic (exact) mass is 563 g/mol. The van der Waals surface area contributed by atoms with Crippen molar-refractivity contribution >= 4 is 0 Å². The summed E-state index contributed by atoms with van der Waals surface area (Å²) in [6.07, 6.45) is 6.39. The van der Waals surface area contributed by atoms with Gasteiger partial charge >= 0.3 is 0 Å². The van der Waals surface area contributed by atoms with Crippen LogP contribution in [0.2, 0.25) is 0 Å². The van der Waals surface area contributed by atoms with Crippen LogP contribution in [-0.2, 0) is 22.6 Å². The third-order valence-electron chi connectivity index (χ3n) is 7.48. The topological polar surface area (TPSA) is 58.0 Å². The van der Waals surface area contributed by atoms with Gasteiger partial charge in [-0.1, -0.05) is 37.6 Å². The molecule has 0 bridgehead atoms. The van der Waals surface area contributed by atoms with Crippen molar-refractivity contribution in [1.82, 2.24) is 14.5 Å². The number of unbranched alkanes of at least 4 members (excludes halogenated alkanes) is 1. The molecule has 1 saturated heterocycles. The number of allylic oxidation sites excluding steroid dienone is 1. The first-order valence-corrected chi connectivity index (χ1v) is 14.3. The Morgan fingerprint density at radius 3 is 2.54 bits per heavy atom. The molecule has 0 spiro atoms. The van der Waals surface area contributed by atoms with Gasteiger partial charge in [-0.25, -0.2) is 9.37 Å².